The number of nitrogens with zero attached hydrogens (tertiary/aromatic N) is 3. The fourth-order valence-corrected chi connectivity index (χ4v) is 3.38. The molecule has 0 radical (unpaired) electrons. The summed E-state index contributed by atoms with van der Waals surface area (Å²) in [7, 11) is 0. The average molecular weight is 374 g/mol. The topological polar surface area (TPSA) is 78.3 Å². The van der Waals surface area contributed by atoms with E-state index < -0.39 is 5.97 Å². The third kappa shape index (κ3) is 3.81. The van der Waals surface area contributed by atoms with Crippen LogP contribution in [0.4, 0.5) is 17.5 Å². The van der Waals surface area contributed by atoms with Crippen molar-refractivity contribution in [2.24, 2.45) is 0 Å². The molecule has 0 unspecified atom stereocenters. The van der Waals surface area contributed by atoms with Gasteiger partial charge in [0.15, 0.2) is 0 Å². The molecule has 0 bridgehead atoms. The van der Waals surface area contributed by atoms with E-state index in [1.807, 2.05) is 6.07 Å². The van der Waals surface area contributed by atoms with Crippen molar-refractivity contribution >= 4 is 23.4 Å². The van der Waals surface area contributed by atoms with Crippen molar-refractivity contribution in [3.63, 3.8) is 0 Å². The summed E-state index contributed by atoms with van der Waals surface area (Å²) in [5.74, 6) is 0.497. The van der Waals surface area contributed by atoms with E-state index in [0.29, 0.717) is 5.82 Å². The highest BCUT2D eigenvalue weighted by Gasteiger charge is 2.19. The average Bonchev–Trinajstić information content (AvgIpc) is 2.73. The Hall–Kier alpha value is -3.41. The van der Waals surface area contributed by atoms with E-state index in [-0.39, 0.29) is 5.56 Å². The monoisotopic (exact) mass is 374 g/mol. The molecule has 0 atom stereocenters. The molecule has 6 nitrogen and oxygen atoms in total. The molecule has 0 amide bonds. The minimum atomic E-state index is -0.936. The van der Waals surface area contributed by atoms with Crippen LogP contribution in [0, 0.1) is 0 Å². The van der Waals surface area contributed by atoms with Crippen LogP contribution in [0.3, 0.4) is 0 Å². The predicted octanol–water partition coefficient (Wildman–Crippen LogP) is 4.04. The van der Waals surface area contributed by atoms with E-state index in [4.69, 9.17) is 15.1 Å². The molecule has 1 aliphatic heterocycles. The van der Waals surface area contributed by atoms with Gasteiger partial charge in [-0.05, 0) is 48.2 Å². The largest absolute Gasteiger partial charge is 0.478 e. The van der Waals surface area contributed by atoms with E-state index in [1.165, 1.54) is 11.1 Å². The number of fused-ring (bicyclic) bond motifs is 1. The summed E-state index contributed by atoms with van der Waals surface area (Å²) >= 11 is 0. The van der Waals surface area contributed by atoms with E-state index in [9.17, 15) is 4.79 Å². The molecule has 0 fully saturated rings. The van der Waals surface area contributed by atoms with Gasteiger partial charge in [-0.15, -0.1) is 0 Å². The van der Waals surface area contributed by atoms with Crippen molar-refractivity contribution in [1.29, 1.82) is 0 Å². The summed E-state index contributed by atoms with van der Waals surface area (Å²) in [6, 6.07) is 17.1. The lowest BCUT2D eigenvalue weighted by molar-refractivity contribution is 0.0697. The van der Waals surface area contributed by atoms with Gasteiger partial charge in [0.25, 0.3) is 0 Å². The van der Waals surface area contributed by atoms with Gasteiger partial charge in [0.05, 0.1) is 5.56 Å². The molecule has 3 aromatic rings. The van der Waals surface area contributed by atoms with Gasteiger partial charge in [-0.3, -0.25) is 0 Å². The Morgan fingerprint density at radius 1 is 1.11 bits per heavy atom. The van der Waals surface area contributed by atoms with Crippen LogP contribution in [0.1, 0.15) is 34.1 Å². The molecule has 0 aliphatic carbocycles. The number of hydrogen-bond acceptors (Lipinski definition) is 5. The van der Waals surface area contributed by atoms with Gasteiger partial charge in [-0.1, -0.05) is 31.2 Å². The second-order valence-corrected chi connectivity index (χ2v) is 6.85. The van der Waals surface area contributed by atoms with E-state index in [2.05, 4.69) is 41.4 Å². The number of carbonyl (C=O) groups is 1. The molecule has 1 aromatic heterocycles. The summed E-state index contributed by atoms with van der Waals surface area (Å²) in [6.07, 6.45) is 1.79. The van der Waals surface area contributed by atoms with E-state index in [0.717, 1.165) is 43.3 Å². The van der Waals surface area contributed by atoms with Crippen molar-refractivity contribution in [1.82, 2.24) is 9.97 Å². The fourth-order valence-electron chi connectivity index (χ4n) is 3.38. The zero-order valence-corrected chi connectivity index (χ0v) is 15.7. The lowest BCUT2D eigenvalue weighted by atomic mass is 10.0. The second kappa shape index (κ2) is 7.68. The first kappa shape index (κ1) is 18.0. The first-order valence-corrected chi connectivity index (χ1v) is 9.42. The van der Waals surface area contributed by atoms with Gasteiger partial charge in [-0.2, -0.15) is 4.98 Å². The van der Waals surface area contributed by atoms with Gasteiger partial charge in [0.1, 0.15) is 5.82 Å². The molecule has 2 aromatic carbocycles. The maximum absolute atomic E-state index is 11.0. The molecule has 0 spiro atoms. The minimum absolute atomic E-state index is 0.259. The van der Waals surface area contributed by atoms with Crippen molar-refractivity contribution in [2.45, 2.75) is 26.3 Å². The molecular weight excluding hydrogens is 352 g/mol. The van der Waals surface area contributed by atoms with Crippen LogP contribution in [0.5, 0.6) is 0 Å². The Morgan fingerprint density at radius 3 is 2.57 bits per heavy atom. The lowest BCUT2D eigenvalue weighted by Gasteiger charge is -2.29. The fraction of sp³-hybridized carbons (Fsp3) is 0.227. The molecular formula is C22H22N4O2. The molecule has 28 heavy (non-hydrogen) atoms. The van der Waals surface area contributed by atoms with Crippen molar-refractivity contribution < 1.29 is 9.90 Å². The maximum atomic E-state index is 11.0. The zero-order valence-electron chi connectivity index (χ0n) is 15.7. The number of carboxylic acid groups (broad SMARTS) is 1. The zero-order chi connectivity index (χ0) is 19.5. The molecule has 2 N–H and O–H groups in total. The summed E-state index contributed by atoms with van der Waals surface area (Å²) in [5, 5.41) is 12.3. The minimum Gasteiger partial charge on any atom is -0.478 e. The van der Waals surface area contributed by atoms with Crippen molar-refractivity contribution in [3.8, 4) is 0 Å². The smallest absolute Gasteiger partial charge is 0.335 e. The van der Waals surface area contributed by atoms with Crippen LogP contribution in [-0.2, 0) is 19.4 Å². The van der Waals surface area contributed by atoms with Crippen LogP contribution in [-0.4, -0.2) is 27.6 Å². The SMILES string of the molecule is CCc1cc(Nc2ccc(C(=O)O)cc2)nc(N2CCc3ccccc3C2)n1. The van der Waals surface area contributed by atoms with E-state index >= 15 is 0 Å². The van der Waals surface area contributed by atoms with Crippen LogP contribution >= 0.6 is 0 Å². The van der Waals surface area contributed by atoms with Gasteiger partial charge in [0.2, 0.25) is 5.95 Å². The van der Waals surface area contributed by atoms with Gasteiger partial charge >= 0.3 is 5.97 Å². The number of anilines is 3. The van der Waals surface area contributed by atoms with Gasteiger partial charge in [0, 0.05) is 30.5 Å². The first-order valence-electron chi connectivity index (χ1n) is 9.42. The number of nitrogens with one attached hydrogen (secondary N) is 1. The van der Waals surface area contributed by atoms with Crippen LogP contribution in [0.15, 0.2) is 54.6 Å². The molecule has 142 valence electrons. The number of hydrogen-bond donors (Lipinski definition) is 2. The molecule has 6 heteroatoms. The Balaban J connectivity index is 1.59. The standard InChI is InChI=1S/C22H22N4O2/c1-2-18-13-20(23-19-9-7-16(8-10-19)21(27)28)25-22(24-18)26-12-11-15-5-3-4-6-17(15)14-26/h3-10,13H,2,11-12,14H2,1H3,(H,27,28)(H,23,24,25). The van der Waals surface area contributed by atoms with E-state index in [1.54, 1.807) is 24.3 Å². The third-order valence-corrected chi connectivity index (χ3v) is 4.95. The van der Waals surface area contributed by atoms with Crippen molar-refractivity contribution in [3.05, 3.63) is 77.0 Å². The molecule has 1 aliphatic rings. The summed E-state index contributed by atoms with van der Waals surface area (Å²) < 4.78 is 0. The van der Waals surface area contributed by atoms with Crippen LogP contribution < -0.4 is 10.2 Å². The third-order valence-electron chi connectivity index (χ3n) is 4.95. The lowest BCUT2D eigenvalue weighted by Crippen LogP contribution is -2.32. The summed E-state index contributed by atoms with van der Waals surface area (Å²) in [4.78, 5) is 22.7. The second-order valence-electron chi connectivity index (χ2n) is 6.85. The quantitative estimate of drug-likeness (QED) is 0.702. The number of aryl methyl sites for hydroxylation is 1. The Labute approximate surface area is 163 Å². The highest BCUT2D eigenvalue weighted by Crippen LogP contribution is 2.24. The van der Waals surface area contributed by atoms with Crippen LogP contribution in [0.25, 0.3) is 0 Å². The predicted molar refractivity (Wildman–Crippen MR) is 109 cm³/mol. The number of carboxylic acids is 1. The normalized spacial score (nSPS) is 13.1. The highest BCUT2D eigenvalue weighted by molar-refractivity contribution is 5.88. The summed E-state index contributed by atoms with van der Waals surface area (Å²) in [6.45, 7) is 3.76. The number of aromatic nitrogens is 2. The Morgan fingerprint density at radius 2 is 1.86 bits per heavy atom. The summed E-state index contributed by atoms with van der Waals surface area (Å²) in [5.41, 5.74) is 4.73. The number of rotatable bonds is 5. The molecule has 0 saturated heterocycles. The molecule has 0 saturated carbocycles. The molecule has 4 rings (SSSR count). The molecule has 2 heterocycles. The Kier molecular flexibility index (Phi) is 4.93. The Bertz CT molecular complexity index is 1000. The number of benzene rings is 2. The number of aromatic carboxylic acids is 1. The van der Waals surface area contributed by atoms with Crippen LogP contribution in [0.2, 0.25) is 0 Å². The van der Waals surface area contributed by atoms with Crippen molar-refractivity contribution in [2.75, 3.05) is 16.8 Å². The highest BCUT2D eigenvalue weighted by atomic mass is 16.4. The van der Waals surface area contributed by atoms with Gasteiger partial charge in [-0.25, -0.2) is 9.78 Å². The maximum Gasteiger partial charge on any atom is 0.335 e. The van der Waals surface area contributed by atoms with Gasteiger partial charge < -0.3 is 15.3 Å². The first-order chi connectivity index (χ1) is 13.6.